The first-order chi connectivity index (χ1) is 13.2. The van der Waals surface area contributed by atoms with Gasteiger partial charge in [-0.15, -0.1) is 0 Å². The van der Waals surface area contributed by atoms with Gasteiger partial charge in [-0.1, -0.05) is 54.3 Å². The summed E-state index contributed by atoms with van der Waals surface area (Å²) in [6.07, 6.45) is 3.42. The molecule has 6 heteroatoms. The van der Waals surface area contributed by atoms with Gasteiger partial charge in [0.15, 0.2) is 0 Å². The molecule has 2 heterocycles. The first-order valence-electron chi connectivity index (χ1n) is 8.30. The maximum absolute atomic E-state index is 12.7. The number of ether oxygens (including phenoxy) is 1. The predicted octanol–water partition coefficient (Wildman–Crippen LogP) is 5.47. The molecule has 1 fully saturated rings. The molecular weight excluding hydrogens is 378 g/mol. The van der Waals surface area contributed by atoms with Crippen molar-refractivity contribution < 1.29 is 13.9 Å². The van der Waals surface area contributed by atoms with Gasteiger partial charge in [-0.2, -0.15) is 0 Å². The van der Waals surface area contributed by atoms with Gasteiger partial charge in [-0.3, -0.25) is 9.69 Å². The smallest absolute Gasteiger partial charge is 0.266 e. The average molecular weight is 393 g/mol. The fourth-order valence-electron chi connectivity index (χ4n) is 2.64. The highest BCUT2D eigenvalue weighted by molar-refractivity contribution is 8.26. The molecule has 27 heavy (non-hydrogen) atoms. The minimum atomic E-state index is -0.115. The third-order valence-corrected chi connectivity index (χ3v) is 5.28. The lowest BCUT2D eigenvalue weighted by Gasteiger charge is -2.12. The molecule has 0 radical (unpaired) electrons. The molecule has 0 atom stereocenters. The zero-order chi connectivity index (χ0) is 18.6. The maximum atomic E-state index is 12.7. The Morgan fingerprint density at radius 2 is 1.85 bits per heavy atom. The van der Waals surface area contributed by atoms with Crippen molar-refractivity contribution in [1.82, 2.24) is 4.90 Å². The number of hydrogen-bond acceptors (Lipinski definition) is 5. The highest BCUT2D eigenvalue weighted by Gasteiger charge is 2.32. The van der Waals surface area contributed by atoms with Crippen molar-refractivity contribution in [3.63, 3.8) is 0 Å². The summed E-state index contributed by atoms with van der Waals surface area (Å²) in [5, 5.41) is 0. The first-order valence-corrected chi connectivity index (χ1v) is 9.52. The SMILES string of the molecule is O=C1/C(=C/c2cccc(Oc3ccccc3)c2)SC(=S)N1Cc1ccco1. The lowest BCUT2D eigenvalue weighted by molar-refractivity contribution is -0.122. The van der Waals surface area contributed by atoms with Crippen LogP contribution in [0.3, 0.4) is 0 Å². The Morgan fingerprint density at radius 3 is 2.63 bits per heavy atom. The van der Waals surface area contributed by atoms with Gasteiger partial charge >= 0.3 is 0 Å². The van der Waals surface area contributed by atoms with Gasteiger partial charge in [0.05, 0.1) is 17.7 Å². The Hall–Kier alpha value is -2.83. The van der Waals surface area contributed by atoms with E-state index in [4.69, 9.17) is 21.4 Å². The number of carbonyl (C=O) groups is 1. The molecule has 1 aromatic heterocycles. The third kappa shape index (κ3) is 4.13. The highest BCUT2D eigenvalue weighted by Crippen LogP contribution is 2.34. The largest absolute Gasteiger partial charge is 0.467 e. The standard InChI is InChI=1S/C21H15NO3S2/c23-20-19(27-21(26)22(20)14-18-10-5-11-24-18)13-15-6-4-9-17(12-15)25-16-7-2-1-3-8-16/h1-13H,14H2/b19-13-. The third-order valence-electron chi connectivity index (χ3n) is 3.90. The van der Waals surface area contributed by atoms with Crippen molar-refractivity contribution in [3.05, 3.63) is 89.2 Å². The van der Waals surface area contributed by atoms with Crippen LogP contribution < -0.4 is 4.74 Å². The van der Waals surface area contributed by atoms with Crippen LogP contribution in [0.2, 0.25) is 0 Å². The molecule has 0 saturated carbocycles. The summed E-state index contributed by atoms with van der Waals surface area (Å²) in [5.41, 5.74) is 0.877. The summed E-state index contributed by atoms with van der Waals surface area (Å²) < 4.78 is 11.7. The van der Waals surface area contributed by atoms with Gasteiger partial charge in [-0.05, 0) is 48.0 Å². The summed E-state index contributed by atoms with van der Waals surface area (Å²) in [4.78, 5) is 14.8. The molecular formula is C21H15NO3S2. The van der Waals surface area contributed by atoms with E-state index in [9.17, 15) is 4.79 Å². The van der Waals surface area contributed by atoms with Gasteiger partial charge in [0, 0.05) is 0 Å². The molecule has 0 unspecified atom stereocenters. The normalized spacial score (nSPS) is 15.6. The fraction of sp³-hybridized carbons (Fsp3) is 0.0476. The maximum Gasteiger partial charge on any atom is 0.266 e. The van der Waals surface area contributed by atoms with Crippen LogP contribution in [0.4, 0.5) is 0 Å². The van der Waals surface area contributed by atoms with Gasteiger partial charge in [0.2, 0.25) is 0 Å². The van der Waals surface area contributed by atoms with Crippen LogP contribution >= 0.6 is 24.0 Å². The Bertz CT molecular complexity index is 997. The second kappa shape index (κ2) is 7.82. The number of furan rings is 1. The number of benzene rings is 2. The molecule has 2 aromatic carbocycles. The van der Waals surface area contributed by atoms with E-state index in [1.165, 1.54) is 11.8 Å². The van der Waals surface area contributed by atoms with Crippen LogP contribution in [0.1, 0.15) is 11.3 Å². The second-order valence-corrected chi connectivity index (χ2v) is 7.51. The molecule has 1 aliphatic rings. The molecule has 0 aliphatic carbocycles. The van der Waals surface area contributed by atoms with E-state index in [0.717, 1.165) is 11.3 Å². The van der Waals surface area contributed by atoms with E-state index in [-0.39, 0.29) is 5.91 Å². The number of para-hydroxylation sites is 1. The molecule has 1 aliphatic heterocycles. The van der Waals surface area contributed by atoms with E-state index in [2.05, 4.69) is 0 Å². The monoisotopic (exact) mass is 393 g/mol. The van der Waals surface area contributed by atoms with E-state index in [1.54, 1.807) is 17.2 Å². The van der Waals surface area contributed by atoms with Crippen LogP contribution in [-0.4, -0.2) is 15.1 Å². The van der Waals surface area contributed by atoms with E-state index in [0.29, 0.717) is 27.3 Å². The van der Waals surface area contributed by atoms with E-state index < -0.39 is 0 Å². The number of thiocarbonyl (C=S) groups is 1. The van der Waals surface area contributed by atoms with Gasteiger partial charge < -0.3 is 9.15 Å². The predicted molar refractivity (Wildman–Crippen MR) is 110 cm³/mol. The minimum Gasteiger partial charge on any atom is -0.467 e. The lowest BCUT2D eigenvalue weighted by atomic mass is 10.2. The van der Waals surface area contributed by atoms with Crippen LogP contribution in [-0.2, 0) is 11.3 Å². The lowest BCUT2D eigenvalue weighted by Crippen LogP contribution is -2.27. The van der Waals surface area contributed by atoms with Crippen LogP contribution in [0, 0.1) is 0 Å². The summed E-state index contributed by atoms with van der Waals surface area (Å²) in [7, 11) is 0. The zero-order valence-electron chi connectivity index (χ0n) is 14.2. The Balaban J connectivity index is 1.52. The molecule has 4 nitrogen and oxygen atoms in total. The van der Waals surface area contributed by atoms with Crippen molar-refractivity contribution in [1.29, 1.82) is 0 Å². The van der Waals surface area contributed by atoms with Crippen LogP contribution in [0.25, 0.3) is 6.08 Å². The molecule has 4 rings (SSSR count). The second-order valence-electron chi connectivity index (χ2n) is 5.83. The van der Waals surface area contributed by atoms with Gasteiger partial charge in [-0.25, -0.2) is 0 Å². The number of carbonyl (C=O) groups excluding carboxylic acids is 1. The Kier molecular flexibility index (Phi) is 5.09. The van der Waals surface area contributed by atoms with Crippen molar-refractivity contribution >= 4 is 40.3 Å². The first kappa shape index (κ1) is 17.6. The molecule has 3 aromatic rings. The summed E-state index contributed by atoms with van der Waals surface area (Å²) in [6, 6.07) is 20.8. The van der Waals surface area contributed by atoms with Crippen molar-refractivity contribution in [2.24, 2.45) is 0 Å². The van der Waals surface area contributed by atoms with Crippen molar-refractivity contribution in [2.45, 2.75) is 6.54 Å². The Morgan fingerprint density at radius 1 is 1.04 bits per heavy atom. The van der Waals surface area contributed by atoms with Crippen molar-refractivity contribution in [2.75, 3.05) is 0 Å². The molecule has 0 bridgehead atoms. The molecule has 1 saturated heterocycles. The topological polar surface area (TPSA) is 42.7 Å². The number of nitrogens with zero attached hydrogens (tertiary/aromatic N) is 1. The summed E-state index contributed by atoms with van der Waals surface area (Å²) in [6.45, 7) is 0.339. The van der Waals surface area contributed by atoms with Gasteiger partial charge in [0.1, 0.15) is 21.6 Å². The molecule has 0 N–H and O–H groups in total. The van der Waals surface area contributed by atoms with Gasteiger partial charge in [0.25, 0.3) is 5.91 Å². The quantitative estimate of drug-likeness (QED) is 0.425. The average Bonchev–Trinajstić information content (AvgIpc) is 3.27. The number of thioether (sulfide) groups is 1. The number of amides is 1. The Labute approximate surface area is 166 Å². The van der Waals surface area contributed by atoms with Crippen molar-refractivity contribution in [3.8, 4) is 11.5 Å². The molecule has 1 amide bonds. The molecule has 134 valence electrons. The molecule has 0 spiro atoms. The van der Waals surface area contributed by atoms with Crippen LogP contribution in [0.5, 0.6) is 11.5 Å². The van der Waals surface area contributed by atoms with E-state index in [1.807, 2.05) is 66.7 Å². The number of hydrogen-bond donors (Lipinski definition) is 0. The fourth-order valence-corrected chi connectivity index (χ4v) is 3.89. The number of rotatable bonds is 5. The van der Waals surface area contributed by atoms with E-state index >= 15 is 0 Å². The minimum absolute atomic E-state index is 0.115. The summed E-state index contributed by atoms with van der Waals surface area (Å²) >= 11 is 6.65. The summed E-state index contributed by atoms with van der Waals surface area (Å²) in [5.74, 6) is 2.06. The highest BCUT2D eigenvalue weighted by atomic mass is 32.2. The van der Waals surface area contributed by atoms with Crippen LogP contribution in [0.15, 0.2) is 82.3 Å². The zero-order valence-corrected chi connectivity index (χ0v) is 15.8.